The number of fused-ring (bicyclic) bond motifs is 1. The van der Waals surface area contributed by atoms with Crippen LogP contribution in [0.15, 0.2) is 36.8 Å². The van der Waals surface area contributed by atoms with Gasteiger partial charge < -0.3 is 15.4 Å². The third-order valence-corrected chi connectivity index (χ3v) is 7.26. The number of anilines is 1. The molecule has 0 saturated carbocycles. The molecule has 3 aromatic rings. The van der Waals surface area contributed by atoms with Crippen molar-refractivity contribution in [1.29, 1.82) is 0 Å². The maximum absolute atomic E-state index is 12.6. The molecule has 3 heterocycles. The Labute approximate surface area is 238 Å². The molecule has 0 aliphatic heterocycles. The molecule has 41 heavy (non-hydrogen) atoms. The number of pyridine rings is 1. The summed E-state index contributed by atoms with van der Waals surface area (Å²) < 4.78 is 45.2. The van der Waals surface area contributed by atoms with Crippen LogP contribution >= 0.6 is 0 Å². The number of carbonyl (C=O) groups excluding carboxylic acids is 2. The van der Waals surface area contributed by atoms with Crippen LogP contribution in [-0.2, 0) is 21.1 Å². The third-order valence-electron chi connectivity index (χ3n) is 7.26. The zero-order valence-corrected chi connectivity index (χ0v) is 24.1. The minimum atomic E-state index is -4.52. The molecular formula is C29H39F3N6O3. The van der Waals surface area contributed by atoms with Gasteiger partial charge in [0.15, 0.2) is 12.6 Å². The number of ether oxygens (including phenoxy) is 1. The van der Waals surface area contributed by atoms with Crippen molar-refractivity contribution in [3.8, 4) is 11.4 Å². The van der Waals surface area contributed by atoms with E-state index in [1.54, 1.807) is 30.0 Å². The van der Waals surface area contributed by atoms with E-state index >= 15 is 0 Å². The zero-order chi connectivity index (χ0) is 30.0. The van der Waals surface area contributed by atoms with Crippen LogP contribution in [0.5, 0.6) is 0 Å². The Morgan fingerprint density at radius 2 is 1.88 bits per heavy atom. The fraction of sp³-hybridized carbons (Fsp3) is 0.552. The SMILES string of the molecule is CCCCC(CC)CCC(=O)OCn1cc(-c2nccc(N[C@](C)(CC)C(=O)NCC(F)(F)F)n2)c2cccnc21. The summed E-state index contributed by atoms with van der Waals surface area (Å²) >= 11 is 0. The van der Waals surface area contributed by atoms with E-state index < -0.39 is 24.2 Å². The molecule has 1 unspecified atom stereocenters. The molecule has 3 aromatic heterocycles. The third kappa shape index (κ3) is 8.89. The molecule has 0 aliphatic rings. The van der Waals surface area contributed by atoms with Crippen LogP contribution in [0.4, 0.5) is 19.0 Å². The molecule has 0 bridgehead atoms. The average Bonchev–Trinajstić information content (AvgIpc) is 3.33. The number of rotatable bonds is 15. The summed E-state index contributed by atoms with van der Waals surface area (Å²) in [5.74, 6) is 0.0202. The van der Waals surface area contributed by atoms with E-state index in [2.05, 4.69) is 34.1 Å². The van der Waals surface area contributed by atoms with Crippen LogP contribution in [0.2, 0.25) is 0 Å². The Bertz CT molecular complexity index is 1310. The molecule has 9 nitrogen and oxygen atoms in total. The highest BCUT2D eigenvalue weighted by molar-refractivity contribution is 5.92. The molecule has 3 rings (SSSR count). The van der Waals surface area contributed by atoms with Gasteiger partial charge in [0.25, 0.3) is 0 Å². The van der Waals surface area contributed by atoms with Gasteiger partial charge in [0.05, 0.1) is 0 Å². The van der Waals surface area contributed by atoms with Gasteiger partial charge in [-0.25, -0.2) is 15.0 Å². The van der Waals surface area contributed by atoms with Crippen molar-refractivity contribution in [1.82, 2.24) is 24.8 Å². The highest BCUT2D eigenvalue weighted by Crippen LogP contribution is 2.29. The molecule has 2 N–H and O–H groups in total. The second-order valence-electron chi connectivity index (χ2n) is 10.4. The van der Waals surface area contributed by atoms with Crippen molar-refractivity contribution >= 4 is 28.7 Å². The molecule has 0 aliphatic carbocycles. The van der Waals surface area contributed by atoms with Crippen LogP contribution in [0.3, 0.4) is 0 Å². The molecule has 2 atom stereocenters. The molecule has 0 radical (unpaired) electrons. The van der Waals surface area contributed by atoms with Gasteiger partial charge in [0.1, 0.15) is 23.5 Å². The number of aromatic nitrogens is 4. The lowest BCUT2D eigenvalue weighted by Crippen LogP contribution is -2.52. The highest BCUT2D eigenvalue weighted by Gasteiger charge is 2.35. The first kappa shape index (κ1) is 31.8. The number of amides is 1. The van der Waals surface area contributed by atoms with Gasteiger partial charge in [0, 0.05) is 36.0 Å². The summed E-state index contributed by atoms with van der Waals surface area (Å²) in [6, 6.07) is 5.15. The van der Waals surface area contributed by atoms with E-state index in [-0.39, 0.29) is 24.9 Å². The van der Waals surface area contributed by atoms with Gasteiger partial charge >= 0.3 is 12.1 Å². The normalized spacial score (nSPS) is 13.9. The fourth-order valence-electron chi connectivity index (χ4n) is 4.50. The molecule has 224 valence electrons. The second-order valence-corrected chi connectivity index (χ2v) is 10.4. The standard InChI is InChI=1S/C29H39F3N6O3/c1-5-8-10-20(6-2)12-13-24(39)41-19-38-17-22(21-11-9-15-34-26(21)38)25-33-16-14-23(36-25)37-28(4,7-3)27(40)35-18-29(30,31)32/h9,11,14-17,20H,5-8,10,12-13,18-19H2,1-4H3,(H,35,40)(H,33,36,37)/t20?,28-/m1/s1. The Balaban J connectivity index is 1.76. The Morgan fingerprint density at radius 3 is 2.56 bits per heavy atom. The minimum Gasteiger partial charge on any atom is -0.444 e. The highest BCUT2D eigenvalue weighted by atomic mass is 19.4. The number of carbonyl (C=O) groups is 2. The Morgan fingerprint density at radius 1 is 1.10 bits per heavy atom. The van der Waals surface area contributed by atoms with E-state index in [0.717, 1.165) is 37.5 Å². The van der Waals surface area contributed by atoms with Crippen LogP contribution in [0, 0.1) is 5.92 Å². The lowest BCUT2D eigenvalue weighted by atomic mass is 9.94. The van der Waals surface area contributed by atoms with Gasteiger partial charge in [0.2, 0.25) is 5.91 Å². The first-order chi connectivity index (χ1) is 19.5. The Hall–Kier alpha value is -3.70. The largest absolute Gasteiger partial charge is 0.444 e. The van der Waals surface area contributed by atoms with Crippen molar-refractivity contribution in [2.45, 2.75) is 91.1 Å². The Kier molecular flexibility index (Phi) is 11.1. The van der Waals surface area contributed by atoms with Crippen LogP contribution in [0.25, 0.3) is 22.4 Å². The molecule has 0 aromatic carbocycles. The molecule has 0 fully saturated rings. The fourth-order valence-corrected chi connectivity index (χ4v) is 4.50. The number of halogens is 3. The smallest absolute Gasteiger partial charge is 0.405 e. The zero-order valence-electron chi connectivity index (χ0n) is 24.1. The maximum atomic E-state index is 12.6. The number of hydrogen-bond acceptors (Lipinski definition) is 7. The number of unbranched alkanes of at least 4 members (excludes halogenated alkanes) is 1. The molecule has 0 spiro atoms. The van der Waals surface area contributed by atoms with E-state index in [9.17, 15) is 22.8 Å². The average molecular weight is 577 g/mol. The molecule has 0 saturated heterocycles. The van der Waals surface area contributed by atoms with Crippen molar-refractivity contribution in [3.63, 3.8) is 0 Å². The summed E-state index contributed by atoms with van der Waals surface area (Å²) in [6.07, 6.45) is 6.15. The maximum Gasteiger partial charge on any atom is 0.405 e. The predicted octanol–water partition coefficient (Wildman–Crippen LogP) is 6.25. The number of nitrogens with zero attached hydrogens (tertiary/aromatic N) is 4. The van der Waals surface area contributed by atoms with Gasteiger partial charge in [-0.3, -0.25) is 14.2 Å². The predicted molar refractivity (Wildman–Crippen MR) is 151 cm³/mol. The van der Waals surface area contributed by atoms with Crippen molar-refractivity contribution in [3.05, 3.63) is 36.8 Å². The van der Waals surface area contributed by atoms with E-state index in [0.29, 0.717) is 29.4 Å². The van der Waals surface area contributed by atoms with Gasteiger partial charge in [-0.1, -0.05) is 46.5 Å². The van der Waals surface area contributed by atoms with Gasteiger partial charge in [-0.15, -0.1) is 0 Å². The number of alkyl halides is 3. The topological polar surface area (TPSA) is 111 Å². The summed E-state index contributed by atoms with van der Waals surface area (Å²) in [6.45, 7) is 6.05. The van der Waals surface area contributed by atoms with Crippen LogP contribution in [-0.4, -0.2) is 49.7 Å². The lowest BCUT2D eigenvalue weighted by Gasteiger charge is -2.29. The molecule has 1 amide bonds. The molecular weight excluding hydrogens is 537 g/mol. The number of esters is 1. The quantitative estimate of drug-likeness (QED) is 0.206. The minimum absolute atomic E-state index is 0.0245. The van der Waals surface area contributed by atoms with Crippen LogP contribution in [0.1, 0.15) is 72.6 Å². The van der Waals surface area contributed by atoms with Gasteiger partial charge in [-0.2, -0.15) is 13.2 Å². The van der Waals surface area contributed by atoms with Gasteiger partial charge in [-0.05, 0) is 43.9 Å². The molecule has 12 heteroatoms. The van der Waals surface area contributed by atoms with E-state index in [1.165, 1.54) is 19.2 Å². The summed E-state index contributed by atoms with van der Waals surface area (Å²) in [7, 11) is 0. The number of nitrogens with one attached hydrogen (secondary N) is 2. The first-order valence-electron chi connectivity index (χ1n) is 14.1. The van der Waals surface area contributed by atoms with Crippen molar-refractivity contribution < 1.29 is 27.5 Å². The second kappa shape index (κ2) is 14.3. The van der Waals surface area contributed by atoms with Crippen molar-refractivity contribution in [2.75, 3.05) is 11.9 Å². The van der Waals surface area contributed by atoms with E-state index in [1.807, 2.05) is 11.4 Å². The first-order valence-corrected chi connectivity index (χ1v) is 14.1. The monoisotopic (exact) mass is 576 g/mol. The number of hydrogen-bond donors (Lipinski definition) is 2. The summed E-state index contributed by atoms with van der Waals surface area (Å²) in [5, 5.41) is 5.63. The van der Waals surface area contributed by atoms with E-state index in [4.69, 9.17) is 4.74 Å². The van der Waals surface area contributed by atoms with Crippen molar-refractivity contribution in [2.24, 2.45) is 5.92 Å². The van der Waals surface area contributed by atoms with Crippen LogP contribution < -0.4 is 10.6 Å². The lowest BCUT2D eigenvalue weighted by molar-refractivity contribution is -0.147. The summed E-state index contributed by atoms with van der Waals surface area (Å²) in [5.41, 5.74) is -0.136. The summed E-state index contributed by atoms with van der Waals surface area (Å²) in [4.78, 5) is 38.4.